The van der Waals surface area contributed by atoms with Crippen LogP contribution in [0.15, 0.2) is 82.0 Å². The van der Waals surface area contributed by atoms with E-state index in [9.17, 15) is 15.4 Å². The summed E-state index contributed by atoms with van der Waals surface area (Å²) in [6, 6.07) is 23.8. The lowest BCUT2D eigenvalue weighted by molar-refractivity contribution is -0.384. The van der Waals surface area contributed by atoms with E-state index in [1.807, 2.05) is 54.6 Å². The van der Waals surface area contributed by atoms with Gasteiger partial charge in [0.25, 0.3) is 5.69 Å². The van der Waals surface area contributed by atoms with Gasteiger partial charge >= 0.3 is 0 Å². The molecule has 1 aromatic heterocycles. The number of non-ortho nitro benzene ring substituents is 1. The fraction of sp³-hybridized carbons (Fsp3) is 0.0435. The van der Waals surface area contributed by atoms with Gasteiger partial charge in [-0.25, -0.2) is 4.98 Å². The van der Waals surface area contributed by atoms with E-state index in [0.29, 0.717) is 17.3 Å². The average Bonchev–Trinajstić information content (AvgIpc) is 3.21. The first-order valence-electron chi connectivity index (χ1n) is 9.22. The zero-order chi connectivity index (χ0) is 21.6. The second kappa shape index (κ2) is 9.43. The minimum absolute atomic E-state index is 0.0527. The lowest BCUT2D eigenvalue weighted by atomic mass is 10.2. The molecule has 0 N–H and O–H groups in total. The maximum Gasteiger partial charge on any atom is 0.269 e. The number of benzene rings is 3. The van der Waals surface area contributed by atoms with Gasteiger partial charge in [-0.05, 0) is 65.4 Å². The van der Waals surface area contributed by atoms with Crippen molar-refractivity contribution in [1.29, 1.82) is 5.26 Å². The first kappa shape index (κ1) is 20.6. The highest BCUT2D eigenvalue weighted by atomic mass is 32.2. The van der Waals surface area contributed by atoms with Crippen molar-refractivity contribution in [1.82, 2.24) is 4.98 Å². The molecule has 0 aliphatic carbocycles. The molecule has 0 aliphatic rings. The number of nitro benzene ring substituents is 1. The van der Waals surface area contributed by atoms with Crippen LogP contribution in [0.1, 0.15) is 11.1 Å². The van der Waals surface area contributed by atoms with Crippen molar-refractivity contribution < 1.29 is 9.66 Å². The fourth-order valence-electron chi connectivity index (χ4n) is 2.77. The summed E-state index contributed by atoms with van der Waals surface area (Å²) in [7, 11) is 0. The molecule has 31 heavy (non-hydrogen) atoms. The maximum absolute atomic E-state index is 10.7. The van der Waals surface area contributed by atoms with E-state index < -0.39 is 4.92 Å². The molecule has 0 radical (unpaired) electrons. The van der Waals surface area contributed by atoms with Gasteiger partial charge in [-0.2, -0.15) is 5.26 Å². The quantitative estimate of drug-likeness (QED) is 0.141. The maximum atomic E-state index is 10.7. The SMILES string of the molecule is N#C/C(=C\c1ccc(OCc2ccc([N+](=O)[O-])cc2)cc1)Sc1nc2ccccc2s1. The van der Waals surface area contributed by atoms with Crippen LogP contribution < -0.4 is 4.74 Å². The molecule has 0 saturated carbocycles. The summed E-state index contributed by atoms with van der Waals surface area (Å²) >= 11 is 2.92. The molecule has 6 nitrogen and oxygen atoms in total. The van der Waals surface area contributed by atoms with Crippen LogP contribution in [0.5, 0.6) is 5.75 Å². The highest BCUT2D eigenvalue weighted by Crippen LogP contribution is 2.34. The summed E-state index contributed by atoms with van der Waals surface area (Å²) in [6.45, 7) is 0.310. The molecule has 4 aromatic rings. The van der Waals surface area contributed by atoms with Gasteiger partial charge in [0.2, 0.25) is 0 Å². The van der Waals surface area contributed by atoms with Gasteiger partial charge in [-0.1, -0.05) is 24.3 Å². The minimum atomic E-state index is -0.429. The number of nitriles is 1. The van der Waals surface area contributed by atoms with Crippen LogP contribution in [0.25, 0.3) is 16.3 Å². The van der Waals surface area contributed by atoms with E-state index in [-0.39, 0.29) is 5.69 Å². The van der Waals surface area contributed by atoms with Crippen molar-refractivity contribution >= 4 is 45.1 Å². The zero-order valence-corrected chi connectivity index (χ0v) is 17.7. The predicted molar refractivity (Wildman–Crippen MR) is 123 cm³/mol. The third kappa shape index (κ3) is 5.28. The number of ether oxygens (including phenoxy) is 1. The van der Waals surface area contributed by atoms with Crippen LogP contribution in [0, 0.1) is 21.4 Å². The average molecular weight is 446 g/mol. The smallest absolute Gasteiger partial charge is 0.269 e. The zero-order valence-electron chi connectivity index (χ0n) is 16.1. The number of allylic oxidation sites excluding steroid dienone is 1. The summed E-state index contributed by atoms with van der Waals surface area (Å²) in [5.74, 6) is 0.674. The van der Waals surface area contributed by atoms with Crippen LogP contribution >= 0.6 is 23.1 Å². The molecule has 0 bridgehead atoms. The van der Waals surface area contributed by atoms with Gasteiger partial charge < -0.3 is 4.74 Å². The van der Waals surface area contributed by atoms with Gasteiger partial charge in [-0.15, -0.1) is 11.3 Å². The van der Waals surface area contributed by atoms with E-state index in [1.165, 1.54) is 23.9 Å². The lowest BCUT2D eigenvalue weighted by Gasteiger charge is -2.06. The highest BCUT2D eigenvalue weighted by Gasteiger charge is 2.08. The number of nitro groups is 1. The largest absolute Gasteiger partial charge is 0.489 e. The Morgan fingerprint density at radius 1 is 1.13 bits per heavy atom. The summed E-state index contributed by atoms with van der Waals surface area (Å²) in [5.41, 5.74) is 2.71. The molecule has 152 valence electrons. The van der Waals surface area contributed by atoms with E-state index in [0.717, 1.165) is 25.7 Å². The summed E-state index contributed by atoms with van der Waals surface area (Å²) in [6.07, 6.45) is 1.82. The van der Waals surface area contributed by atoms with Crippen molar-refractivity contribution in [2.45, 2.75) is 10.9 Å². The Balaban J connectivity index is 1.39. The molecule has 0 unspecified atom stereocenters. The van der Waals surface area contributed by atoms with Crippen LogP contribution in [0.4, 0.5) is 5.69 Å². The summed E-state index contributed by atoms with van der Waals surface area (Å²) in [5, 5.41) is 20.2. The van der Waals surface area contributed by atoms with Crippen molar-refractivity contribution in [3.05, 3.63) is 98.9 Å². The molecule has 1 heterocycles. The Morgan fingerprint density at radius 3 is 2.55 bits per heavy atom. The first-order valence-corrected chi connectivity index (χ1v) is 10.9. The topological polar surface area (TPSA) is 89.0 Å². The van der Waals surface area contributed by atoms with Crippen LogP contribution in [-0.2, 0) is 6.61 Å². The molecule has 0 spiro atoms. The van der Waals surface area contributed by atoms with E-state index in [1.54, 1.807) is 23.5 Å². The van der Waals surface area contributed by atoms with Crippen molar-refractivity contribution in [2.24, 2.45) is 0 Å². The number of rotatable bonds is 7. The van der Waals surface area contributed by atoms with Crippen molar-refractivity contribution in [2.75, 3.05) is 0 Å². The molecular weight excluding hydrogens is 430 g/mol. The fourth-order valence-corrected chi connectivity index (χ4v) is 4.74. The molecule has 0 fully saturated rings. The Bertz CT molecular complexity index is 1260. The number of nitrogens with zero attached hydrogens (tertiary/aromatic N) is 3. The Labute approximate surface area is 186 Å². The lowest BCUT2D eigenvalue weighted by Crippen LogP contribution is -1.96. The molecule has 3 aromatic carbocycles. The number of thiazole rings is 1. The Kier molecular flexibility index (Phi) is 6.26. The molecule has 4 rings (SSSR count). The standard InChI is InChI=1S/C23H15N3O3S2/c24-14-20(30-23-25-21-3-1-2-4-22(21)31-23)13-16-7-11-19(12-8-16)29-15-17-5-9-18(10-6-17)26(27)28/h1-13H,15H2/b20-13+. The summed E-state index contributed by atoms with van der Waals surface area (Å²) in [4.78, 5) is 15.4. The molecule has 0 amide bonds. The minimum Gasteiger partial charge on any atom is -0.489 e. The van der Waals surface area contributed by atoms with E-state index >= 15 is 0 Å². The molecular formula is C23H15N3O3S2. The van der Waals surface area contributed by atoms with Crippen molar-refractivity contribution in [3.63, 3.8) is 0 Å². The van der Waals surface area contributed by atoms with Crippen LogP contribution in [0.3, 0.4) is 0 Å². The third-order valence-corrected chi connectivity index (χ3v) is 6.34. The molecule has 0 aliphatic heterocycles. The Morgan fingerprint density at radius 2 is 1.87 bits per heavy atom. The second-order valence-corrected chi connectivity index (χ2v) is 8.77. The number of fused-ring (bicyclic) bond motifs is 1. The van der Waals surface area contributed by atoms with Gasteiger partial charge in [0.05, 0.1) is 20.0 Å². The second-order valence-electron chi connectivity index (χ2n) is 6.45. The Hall–Kier alpha value is -3.67. The number of hydrogen-bond acceptors (Lipinski definition) is 7. The van der Waals surface area contributed by atoms with Gasteiger partial charge in [0.15, 0.2) is 4.34 Å². The van der Waals surface area contributed by atoms with Gasteiger partial charge in [0.1, 0.15) is 18.4 Å². The first-order chi connectivity index (χ1) is 15.1. The number of thioether (sulfide) groups is 1. The number of aromatic nitrogens is 1. The van der Waals surface area contributed by atoms with Crippen LogP contribution in [0.2, 0.25) is 0 Å². The molecule has 0 saturated heterocycles. The van der Waals surface area contributed by atoms with Crippen LogP contribution in [-0.4, -0.2) is 9.91 Å². The monoisotopic (exact) mass is 445 g/mol. The van der Waals surface area contributed by atoms with E-state index in [2.05, 4.69) is 11.1 Å². The highest BCUT2D eigenvalue weighted by molar-refractivity contribution is 8.05. The van der Waals surface area contributed by atoms with Crippen molar-refractivity contribution in [3.8, 4) is 11.8 Å². The number of para-hydroxylation sites is 1. The van der Waals surface area contributed by atoms with Gasteiger partial charge in [-0.3, -0.25) is 10.1 Å². The molecule has 8 heteroatoms. The van der Waals surface area contributed by atoms with Gasteiger partial charge in [0, 0.05) is 12.1 Å². The summed E-state index contributed by atoms with van der Waals surface area (Å²) < 4.78 is 7.66. The van der Waals surface area contributed by atoms with E-state index in [4.69, 9.17) is 4.74 Å². The normalized spacial score (nSPS) is 11.3. The number of hydrogen-bond donors (Lipinski definition) is 0. The predicted octanol–water partition coefficient (Wildman–Crippen LogP) is 6.44. The molecule has 0 atom stereocenters. The third-order valence-electron chi connectivity index (χ3n) is 4.31.